The molecule has 8 nitrogen and oxygen atoms in total. The summed E-state index contributed by atoms with van der Waals surface area (Å²) in [7, 11) is 1.63. The number of nitriles is 1. The Balaban J connectivity index is 1.35. The summed E-state index contributed by atoms with van der Waals surface area (Å²) in [6.45, 7) is 2.88. The average molecular weight is 551 g/mol. The molecular formula is C32H27FN4O4. The van der Waals surface area contributed by atoms with Crippen LogP contribution in [0, 0.1) is 24.1 Å². The fourth-order valence-electron chi connectivity index (χ4n) is 4.55. The zero-order valence-corrected chi connectivity index (χ0v) is 22.6. The van der Waals surface area contributed by atoms with Crippen LogP contribution < -0.4 is 4.74 Å². The first kappa shape index (κ1) is 27.5. The van der Waals surface area contributed by atoms with Crippen molar-refractivity contribution in [2.45, 2.75) is 26.5 Å². The van der Waals surface area contributed by atoms with Crippen LogP contribution >= 0.6 is 0 Å². The summed E-state index contributed by atoms with van der Waals surface area (Å²) in [5, 5.41) is 18.4. The molecule has 0 aliphatic rings. The molecule has 2 heterocycles. The third-order valence-electron chi connectivity index (χ3n) is 6.80. The number of halogens is 1. The molecule has 5 rings (SSSR count). The van der Waals surface area contributed by atoms with E-state index >= 15 is 0 Å². The maximum absolute atomic E-state index is 14.3. The lowest BCUT2D eigenvalue weighted by atomic mass is 10.1. The highest BCUT2D eigenvalue weighted by Crippen LogP contribution is 2.26. The van der Waals surface area contributed by atoms with Gasteiger partial charge in [-0.05, 0) is 48.9 Å². The Morgan fingerprint density at radius 3 is 2.56 bits per heavy atom. The van der Waals surface area contributed by atoms with E-state index in [-0.39, 0.29) is 17.7 Å². The third kappa shape index (κ3) is 6.08. The van der Waals surface area contributed by atoms with Crippen molar-refractivity contribution in [2.24, 2.45) is 0 Å². The van der Waals surface area contributed by atoms with Gasteiger partial charge in [0.25, 0.3) is 0 Å². The summed E-state index contributed by atoms with van der Waals surface area (Å²) < 4.78 is 27.4. The van der Waals surface area contributed by atoms with Crippen LogP contribution in [-0.4, -0.2) is 39.3 Å². The molecule has 206 valence electrons. The molecule has 0 spiro atoms. The van der Waals surface area contributed by atoms with Crippen LogP contribution in [0.4, 0.5) is 4.39 Å². The standard InChI is InChI=1S/C32H27FN4O4/c1-20-3-11-27(36-31(20)41-19-25-9-6-22(18-34)15-26(25)33)23-7-4-21(5-8-23)16-30-35-28-12-10-24(32(38)39)17-29(28)37(30)13-14-40-2/h3-12,15,17H,13-14,16,19H2,1-2H3,(H,38,39). The van der Waals surface area contributed by atoms with Gasteiger partial charge >= 0.3 is 5.97 Å². The van der Waals surface area contributed by atoms with Gasteiger partial charge in [-0.2, -0.15) is 5.26 Å². The van der Waals surface area contributed by atoms with Crippen LogP contribution in [0.25, 0.3) is 22.3 Å². The van der Waals surface area contributed by atoms with Crippen LogP contribution in [-0.2, 0) is 24.3 Å². The molecule has 0 aliphatic carbocycles. The lowest BCUT2D eigenvalue weighted by molar-refractivity contribution is 0.0697. The second-order valence-electron chi connectivity index (χ2n) is 9.58. The first-order chi connectivity index (χ1) is 19.9. The van der Waals surface area contributed by atoms with Gasteiger partial charge in [-0.1, -0.05) is 36.4 Å². The van der Waals surface area contributed by atoms with Crippen molar-refractivity contribution in [3.05, 3.63) is 112 Å². The molecule has 41 heavy (non-hydrogen) atoms. The predicted octanol–water partition coefficient (Wildman–Crippen LogP) is 5.93. The predicted molar refractivity (Wildman–Crippen MR) is 151 cm³/mol. The van der Waals surface area contributed by atoms with Gasteiger partial charge in [-0.3, -0.25) is 0 Å². The summed E-state index contributed by atoms with van der Waals surface area (Å²) in [5.74, 6) is -0.260. The zero-order valence-electron chi connectivity index (χ0n) is 22.6. The van der Waals surface area contributed by atoms with Crippen molar-refractivity contribution in [3.8, 4) is 23.2 Å². The molecule has 5 aromatic rings. The minimum Gasteiger partial charge on any atom is -0.478 e. The molecule has 0 bridgehead atoms. The summed E-state index contributed by atoms with van der Waals surface area (Å²) >= 11 is 0. The maximum atomic E-state index is 14.3. The zero-order chi connectivity index (χ0) is 28.9. The van der Waals surface area contributed by atoms with Crippen LogP contribution in [0.3, 0.4) is 0 Å². The van der Waals surface area contributed by atoms with E-state index < -0.39 is 11.8 Å². The molecule has 2 aromatic heterocycles. The van der Waals surface area contributed by atoms with E-state index in [1.54, 1.807) is 37.4 Å². The fraction of sp³-hybridized carbons (Fsp3) is 0.188. The van der Waals surface area contributed by atoms with Gasteiger partial charge in [0.1, 0.15) is 18.2 Å². The van der Waals surface area contributed by atoms with E-state index in [1.165, 1.54) is 6.07 Å². The van der Waals surface area contributed by atoms with Crippen molar-refractivity contribution < 1.29 is 23.8 Å². The van der Waals surface area contributed by atoms with E-state index in [4.69, 9.17) is 19.7 Å². The van der Waals surface area contributed by atoms with Crippen LogP contribution in [0.15, 0.2) is 72.8 Å². The molecule has 0 fully saturated rings. The van der Waals surface area contributed by atoms with E-state index in [0.29, 0.717) is 36.7 Å². The van der Waals surface area contributed by atoms with E-state index in [1.807, 2.05) is 54.0 Å². The van der Waals surface area contributed by atoms with E-state index in [9.17, 15) is 14.3 Å². The number of aryl methyl sites for hydroxylation is 1. The van der Waals surface area contributed by atoms with Gasteiger partial charge in [0.05, 0.1) is 40.5 Å². The lowest BCUT2D eigenvalue weighted by Crippen LogP contribution is -2.09. The molecule has 0 aliphatic heterocycles. The number of nitrogens with zero attached hydrogens (tertiary/aromatic N) is 4. The molecule has 3 aromatic carbocycles. The Morgan fingerprint density at radius 1 is 1.05 bits per heavy atom. The molecule has 0 amide bonds. The first-order valence-corrected chi connectivity index (χ1v) is 13.0. The number of aromatic carboxylic acids is 1. The fourth-order valence-corrected chi connectivity index (χ4v) is 4.55. The number of fused-ring (bicyclic) bond motifs is 1. The Labute approximate surface area is 236 Å². The molecule has 0 unspecified atom stereocenters. The number of pyridine rings is 1. The molecule has 0 atom stereocenters. The van der Waals surface area contributed by atoms with Gasteiger partial charge in [-0.25, -0.2) is 19.2 Å². The van der Waals surface area contributed by atoms with Crippen molar-refractivity contribution in [1.29, 1.82) is 5.26 Å². The minimum atomic E-state index is -0.983. The SMILES string of the molecule is COCCn1c(Cc2ccc(-c3ccc(C)c(OCc4ccc(C#N)cc4F)n3)cc2)nc2ccc(C(=O)O)cc21. The molecule has 0 saturated heterocycles. The van der Waals surface area contributed by atoms with Gasteiger partial charge in [0.15, 0.2) is 0 Å². The van der Waals surface area contributed by atoms with E-state index in [0.717, 1.165) is 33.5 Å². The number of imidazole rings is 1. The molecule has 0 radical (unpaired) electrons. The lowest BCUT2D eigenvalue weighted by Gasteiger charge is -2.12. The molecule has 0 saturated carbocycles. The van der Waals surface area contributed by atoms with Gasteiger partial charge in [-0.15, -0.1) is 0 Å². The van der Waals surface area contributed by atoms with Crippen LogP contribution in [0.1, 0.15) is 38.4 Å². The number of methoxy groups -OCH3 is 1. The van der Waals surface area contributed by atoms with Crippen LogP contribution in [0.2, 0.25) is 0 Å². The quantitative estimate of drug-likeness (QED) is 0.229. The number of benzene rings is 3. The number of carbonyl (C=O) groups is 1. The van der Waals surface area contributed by atoms with Crippen LogP contribution in [0.5, 0.6) is 5.88 Å². The van der Waals surface area contributed by atoms with Crippen molar-refractivity contribution in [1.82, 2.24) is 14.5 Å². The smallest absolute Gasteiger partial charge is 0.335 e. The summed E-state index contributed by atoms with van der Waals surface area (Å²) in [4.78, 5) is 20.9. The average Bonchev–Trinajstić information content (AvgIpc) is 3.32. The summed E-state index contributed by atoms with van der Waals surface area (Å²) in [6, 6.07) is 22.9. The van der Waals surface area contributed by atoms with Gasteiger partial charge < -0.3 is 19.1 Å². The normalized spacial score (nSPS) is 11.0. The topological polar surface area (TPSA) is 110 Å². The van der Waals surface area contributed by atoms with E-state index in [2.05, 4.69) is 4.98 Å². The third-order valence-corrected chi connectivity index (χ3v) is 6.80. The Kier molecular flexibility index (Phi) is 8.04. The highest BCUT2D eigenvalue weighted by molar-refractivity contribution is 5.92. The van der Waals surface area contributed by atoms with Crippen molar-refractivity contribution in [3.63, 3.8) is 0 Å². The maximum Gasteiger partial charge on any atom is 0.335 e. The monoisotopic (exact) mass is 550 g/mol. The summed E-state index contributed by atoms with van der Waals surface area (Å²) in [5.41, 5.74) is 5.75. The number of hydrogen-bond donors (Lipinski definition) is 1. The first-order valence-electron chi connectivity index (χ1n) is 13.0. The number of carboxylic acids is 1. The Morgan fingerprint density at radius 2 is 1.85 bits per heavy atom. The largest absolute Gasteiger partial charge is 0.478 e. The molecule has 9 heteroatoms. The number of rotatable bonds is 10. The number of hydrogen-bond acceptors (Lipinski definition) is 6. The summed E-state index contributed by atoms with van der Waals surface area (Å²) in [6.07, 6.45) is 0.549. The number of carboxylic acid groups (broad SMARTS) is 1. The highest BCUT2D eigenvalue weighted by Gasteiger charge is 2.15. The Hall–Kier alpha value is -5.07. The minimum absolute atomic E-state index is 0.00813. The molecule has 1 N–H and O–H groups in total. The number of ether oxygens (including phenoxy) is 2. The van der Waals surface area contributed by atoms with Crippen molar-refractivity contribution in [2.75, 3.05) is 13.7 Å². The van der Waals surface area contributed by atoms with Gasteiger partial charge in [0.2, 0.25) is 5.88 Å². The second-order valence-corrected chi connectivity index (χ2v) is 9.58. The Bertz CT molecular complexity index is 1770. The van der Waals surface area contributed by atoms with Crippen molar-refractivity contribution >= 4 is 17.0 Å². The number of aromatic nitrogens is 3. The molecular weight excluding hydrogens is 523 g/mol. The van der Waals surface area contributed by atoms with Gasteiger partial charge in [0, 0.05) is 36.8 Å². The highest BCUT2D eigenvalue weighted by atomic mass is 19.1. The second kappa shape index (κ2) is 12.0.